The van der Waals surface area contributed by atoms with Crippen LogP contribution in [0.5, 0.6) is 0 Å². The Morgan fingerprint density at radius 3 is 2.83 bits per heavy atom. The number of ether oxygens (including phenoxy) is 3. The van der Waals surface area contributed by atoms with Crippen LogP contribution in [0, 0.1) is 0 Å². The van der Waals surface area contributed by atoms with E-state index in [4.69, 9.17) is 14.2 Å². The van der Waals surface area contributed by atoms with E-state index in [-0.39, 0.29) is 6.10 Å². The molecule has 0 aliphatic carbocycles. The summed E-state index contributed by atoms with van der Waals surface area (Å²) in [5.74, 6) is -0.731. The number of aldehydes is 1. The van der Waals surface area contributed by atoms with Crippen LogP contribution < -0.4 is 0 Å². The molecular weight excluding hydrogens is 318 g/mol. The summed E-state index contributed by atoms with van der Waals surface area (Å²) < 4.78 is 19.5. The van der Waals surface area contributed by atoms with E-state index in [0.29, 0.717) is 0 Å². The van der Waals surface area contributed by atoms with Crippen molar-refractivity contribution in [2.45, 2.75) is 49.1 Å². The first-order chi connectivity index (χ1) is 11.0. The second-order valence-electron chi connectivity index (χ2n) is 6.05. The molecule has 2 aromatic heterocycles. The summed E-state index contributed by atoms with van der Waals surface area (Å²) in [5.41, 5.74) is 1.74. The van der Waals surface area contributed by atoms with Crippen molar-refractivity contribution < 1.29 is 19.0 Å². The van der Waals surface area contributed by atoms with E-state index in [1.54, 1.807) is 16.3 Å². The monoisotopic (exact) mass is 335 g/mol. The molecule has 0 radical (unpaired) electrons. The van der Waals surface area contributed by atoms with Crippen LogP contribution in [0.3, 0.4) is 0 Å². The molecule has 2 aromatic rings. The van der Waals surface area contributed by atoms with Crippen molar-refractivity contribution in [2.75, 3.05) is 6.26 Å². The maximum absolute atomic E-state index is 11.3. The first-order valence-electron chi connectivity index (χ1n) is 7.37. The maximum Gasteiger partial charge on any atom is 0.164 e. The molecule has 0 saturated carbocycles. The number of thioether (sulfide) groups is 1. The predicted octanol–water partition coefficient (Wildman–Crippen LogP) is 1.61. The highest BCUT2D eigenvalue weighted by atomic mass is 32.2. The molecule has 0 bridgehead atoms. The topological polar surface area (TPSA) is 75.0 Å². The van der Waals surface area contributed by atoms with Gasteiger partial charge in [0.05, 0.1) is 11.2 Å². The minimum absolute atomic E-state index is 0.342. The predicted molar refractivity (Wildman–Crippen MR) is 82.3 cm³/mol. The van der Waals surface area contributed by atoms with Gasteiger partial charge in [-0.2, -0.15) is 5.10 Å². The van der Waals surface area contributed by atoms with Crippen LogP contribution in [-0.4, -0.2) is 51.2 Å². The summed E-state index contributed by atoms with van der Waals surface area (Å²) in [6.45, 7) is 3.68. The van der Waals surface area contributed by atoms with E-state index < -0.39 is 24.1 Å². The van der Waals surface area contributed by atoms with Crippen LogP contribution in [0.1, 0.15) is 25.6 Å². The van der Waals surface area contributed by atoms with Crippen molar-refractivity contribution in [2.24, 2.45) is 0 Å². The molecule has 2 fully saturated rings. The van der Waals surface area contributed by atoms with Crippen molar-refractivity contribution in [1.82, 2.24) is 14.6 Å². The average molecular weight is 335 g/mol. The second kappa shape index (κ2) is 5.27. The zero-order chi connectivity index (χ0) is 16.2. The zero-order valence-electron chi connectivity index (χ0n) is 13.0. The summed E-state index contributed by atoms with van der Waals surface area (Å²) in [4.78, 5) is 15.6. The van der Waals surface area contributed by atoms with Gasteiger partial charge < -0.3 is 19.0 Å². The van der Waals surface area contributed by atoms with Gasteiger partial charge >= 0.3 is 0 Å². The third-order valence-electron chi connectivity index (χ3n) is 4.15. The smallest absolute Gasteiger partial charge is 0.164 e. The number of fused-ring (bicyclic) bond motifs is 2. The molecule has 0 N–H and O–H groups in total. The van der Waals surface area contributed by atoms with E-state index in [0.717, 1.165) is 22.5 Å². The lowest BCUT2D eigenvalue weighted by molar-refractivity contribution is -0.186. The minimum Gasteiger partial charge on any atom is -0.356 e. The van der Waals surface area contributed by atoms with Crippen LogP contribution in [-0.2, 0) is 19.0 Å². The highest BCUT2D eigenvalue weighted by molar-refractivity contribution is 7.98. The standard InChI is InChI=1S/C15H17N3O4S/c1-15(2)21-12-10(6-19)20-11(13(12)22-15)8-4-5-9-14(23-3)16-7-17-18(8)9/h4-7,10-13H,1-3H3/t10-,11+,12-,13+/m1/s1. The average Bonchev–Trinajstić information content (AvgIpc) is 3.17. The largest absolute Gasteiger partial charge is 0.356 e. The number of rotatable bonds is 3. The zero-order valence-corrected chi connectivity index (χ0v) is 13.8. The van der Waals surface area contributed by atoms with Crippen molar-refractivity contribution in [3.8, 4) is 0 Å². The van der Waals surface area contributed by atoms with Crippen LogP contribution >= 0.6 is 11.8 Å². The quantitative estimate of drug-likeness (QED) is 0.623. The molecule has 4 atom stereocenters. The number of hydrogen-bond acceptors (Lipinski definition) is 7. The lowest BCUT2D eigenvalue weighted by atomic mass is 10.1. The molecule has 2 aliphatic rings. The van der Waals surface area contributed by atoms with Gasteiger partial charge in [0.1, 0.15) is 35.8 Å². The lowest BCUT2D eigenvalue weighted by Crippen LogP contribution is -2.30. The van der Waals surface area contributed by atoms with Crippen LogP contribution in [0.25, 0.3) is 5.52 Å². The Morgan fingerprint density at radius 1 is 1.30 bits per heavy atom. The van der Waals surface area contributed by atoms with E-state index in [1.165, 1.54) is 6.33 Å². The summed E-state index contributed by atoms with van der Waals surface area (Å²) in [7, 11) is 0. The molecule has 2 aliphatic heterocycles. The van der Waals surface area contributed by atoms with Gasteiger partial charge in [0.15, 0.2) is 12.1 Å². The number of nitrogens with zero attached hydrogens (tertiary/aromatic N) is 3. The molecule has 4 heterocycles. The third kappa shape index (κ3) is 2.28. The Hall–Kier alpha value is -1.48. The van der Waals surface area contributed by atoms with E-state index in [9.17, 15) is 4.79 Å². The van der Waals surface area contributed by atoms with E-state index >= 15 is 0 Å². The Kier molecular flexibility index (Phi) is 3.45. The molecule has 0 aromatic carbocycles. The van der Waals surface area contributed by atoms with Gasteiger partial charge in [-0.25, -0.2) is 9.50 Å². The molecule has 0 spiro atoms. The van der Waals surface area contributed by atoms with Crippen molar-refractivity contribution in [3.05, 3.63) is 24.2 Å². The van der Waals surface area contributed by atoms with Crippen molar-refractivity contribution >= 4 is 23.6 Å². The van der Waals surface area contributed by atoms with E-state index in [2.05, 4.69) is 10.1 Å². The number of hydrogen-bond donors (Lipinski definition) is 0. The van der Waals surface area contributed by atoms with Gasteiger partial charge in [0.25, 0.3) is 0 Å². The van der Waals surface area contributed by atoms with Gasteiger partial charge in [-0.3, -0.25) is 0 Å². The SMILES string of the molecule is CSc1ncnn2c([C@@H]3O[C@H](C=O)[C@H]4OC(C)(C)O[C@H]43)ccc12. The van der Waals surface area contributed by atoms with Crippen LogP contribution in [0.15, 0.2) is 23.5 Å². The number of aromatic nitrogens is 3. The van der Waals surface area contributed by atoms with Crippen LogP contribution in [0.4, 0.5) is 0 Å². The fourth-order valence-corrected chi connectivity index (χ4v) is 3.80. The van der Waals surface area contributed by atoms with Gasteiger partial charge in [-0.1, -0.05) is 0 Å². The lowest BCUT2D eigenvalue weighted by Gasteiger charge is -2.22. The highest BCUT2D eigenvalue weighted by Crippen LogP contribution is 2.45. The molecule has 2 saturated heterocycles. The highest BCUT2D eigenvalue weighted by Gasteiger charge is 2.56. The minimum atomic E-state index is -0.731. The molecule has 4 rings (SSSR count). The third-order valence-corrected chi connectivity index (χ3v) is 4.86. The van der Waals surface area contributed by atoms with Crippen LogP contribution in [0.2, 0.25) is 0 Å². The first-order valence-corrected chi connectivity index (χ1v) is 8.59. The molecule has 8 heteroatoms. The number of carbonyl (C=O) groups excluding carboxylic acids is 1. The second-order valence-corrected chi connectivity index (χ2v) is 6.84. The normalized spacial score (nSPS) is 32.3. The maximum atomic E-state index is 11.3. The van der Waals surface area contributed by atoms with E-state index in [1.807, 2.05) is 32.2 Å². The molecule has 7 nitrogen and oxygen atoms in total. The Morgan fingerprint density at radius 2 is 2.09 bits per heavy atom. The van der Waals surface area contributed by atoms with Crippen molar-refractivity contribution in [1.29, 1.82) is 0 Å². The first kappa shape index (κ1) is 15.1. The Bertz CT molecular complexity index is 762. The van der Waals surface area contributed by atoms with Gasteiger partial charge in [0.2, 0.25) is 0 Å². The fraction of sp³-hybridized carbons (Fsp3) is 0.533. The van der Waals surface area contributed by atoms with Crippen molar-refractivity contribution in [3.63, 3.8) is 0 Å². The Labute approximate surface area is 137 Å². The van der Waals surface area contributed by atoms with Gasteiger partial charge in [0, 0.05) is 0 Å². The Balaban J connectivity index is 1.77. The van der Waals surface area contributed by atoms with Gasteiger partial charge in [-0.05, 0) is 32.2 Å². The molecule has 122 valence electrons. The summed E-state index contributed by atoms with van der Waals surface area (Å²) >= 11 is 1.55. The summed E-state index contributed by atoms with van der Waals surface area (Å²) in [6, 6.07) is 3.89. The molecular formula is C15H17N3O4S. The number of carbonyl (C=O) groups is 1. The summed E-state index contributed by atoms with van der Waals surface area (Å²) in [6.07, 6.45) is 2.47. The molecule has 23 heavy (non-hydrogen) atoms. The fourth-order valence-electron chi connectivity index (χ4n) is 3.28. The molecule has 0 amide bonds. The van der Waals surface area contributed by atoms with Gasteiger partial charge in [-0.15, -0.1) is 11.8 Å². The summed E-state index contributed by atoms with van der Waals surface area (Å²) in [5, 5.41) is 5.21. The molecule has 0 unspecified atom stereocenters.